The second-order valence-electron chi connectivity index (χ2n) is 7.93. The highest BCUT2D eigenvalue weighted by Crippen LogP contribution is 2.28. The first-order chi connectivity index (χ1) is 15.1. The van der Waals surface area contributed by atoms with Crippen LogP contribution in [-0.2, 0) is 9.59 Å². The number of methoxy groups -OCH3 is 1. The third kappa shape index (κ3) is 5.10. The molecule has 0 bridgehead atoms. The van der Waals surface area contributed by atoms with Crippen LogP contribution in [0, 0.1) is 5.92 Å². The minimum absolute atomic E-state index is 0.0106. The zero-order valence-electron chi connectivity index (χ0n) is 17.9. The van der Waals surface area contributed by atoms with Crippen molar-refractivity contribution in [1.82, 2.24) is 5.32 Å². The molecule has 2 fully saturated rings. The lowest BCUT2D eigenvalue weighted by atomic mass is 10.1. The van der Waals surface area contributed by atoms with Gasteiger partial charge in [0.05, 0.1) is 19.6 Å². The van der Waals surface area contributed by atoms with E-state index in [2.05, 4.69) is 22.3 Å². The van der Waals surface area contributed by atoms with Crippen LogP contribution in [0.25, 0.3) is 0 Å². The summed E-state index contributed by atoms with van der Waals surface area (Å²) in [5, 5.41) is 2.88. The molecule has 2 heterocycles. The van der Waals surface area contributed by atoms with Crippen molar-refractivity contribution in [3.05, 3.63) is 48.5 Å². The fourth-order valence-corrected chi connectivity index (χ4v) is 4.11. The Balaban J connectivity index is 1.24. The molecule has 4 rings (SSSR count). The van der Waals surface area contributed by atoms with Crippen molar-refractivity contribution < 1.29 is 19.1 Å². The molecule has 2 saturated heterocycles. The van der Waals surface area contributed by atoms with Crippen LogP contribution < -0.4 is 24.6 Å². The second-order valence-corrected chi connectivity index (χ2v) is 7.93. The predicted molar refractivity (Wildman–Crippen MR) is 120 cm³/mol. The fraction of sp³-hybridized carbons (Fsp3) is 0.417. The lowest BCUT2D eigenvalue weighted by Crippen LogP contribution is -2.35. The van der Waals surface area contributed by atoms with Crippen molar-refractivity contribution in [3.63, 3.8) is 0 Å². The number of nitrogens with one attached hydrogen (secondary N) is 1. The first-order valence-corrected chi connectivity index (χ1v) is 10.8. The van der Waals surface area contributed by atoms with Gasteiger partial charge in [0.1, 0.15) is 18.1 Å². The fourth-order valence-electron chi connectivity index (χ4n) is 4.11. The maximum absolute atomic E-state index is 12.5. The Labute approximate surface area is 182 Å². The monoisotopic (exact) mass is 423 g/mol. The molecule has 2 aliphatic rings. The number of rotatable bonds is 8. The van der Waals surface area contributed by atoms with E-state index in [4.69, 9.17) is 9.47 Å². The van der Waals surface area contributed by atoms with Gasteiger partial charge in [-0.15, -0.1) is 0 Å². The number of hydrogen-bond acceptors (Lipinski definition) is 5. The summed E-state index contributed by atoms with van der Waals surface area (Å²) in [4.78, 5) is 29.1. The van der Waals surface area contributed by atoms with Gasteiger partial charge in [0, 0.05) is 37.4 Å². The van der Waals surface area contributed by atoms with Gasteiger partial charge >= 0.3 is 0 Å². The molecule has 2 amide bonds. The molecule has 0 saturated carbocycles. The smallest absolute Gasteiger partial charge is 0.227 e. The number of ether oxygens (including phenoxy) is 2. The molecule has 0 radical (unpaired) electrons. The van der Waals surface area contributed by atoms with Crippen LogP contribution in [0.4, 0.5) is 11.4 Å². The van der Waals surface area contributed by atoms with Gasteiger partial charge in [0.2, 0.25) is 11.8 Å². The van der Waals surface area contributed by atoms with E-state index in [1.54, 1.807) is 12.0 Å². The maximum Gasteiger partial charge on any atom is 0.227 e. The van der Waals surface area contributed by atoms with Crippen molar-refractivity contribution >= 4 is 23.2 Å². The van der Waals surface area contributed by atoms with Crippen LogP contribution in [0.5, 0.6) is 11.5 Å². The second kappa shape index (κ2) is 9.73. The molecule has 1 unspecified atom stereocenters. The van der Waals surface area contributed by atoms with Crippen molar-refractivity contribution in [2.75, 3.05) is 49.7 Å². The molecule has 2 aromatic carbocycles. The number of carbonyl (C=O) groups excluding carboxylic acids is 2. The zero-order valence-corrected chi connectivity index (χ0v) is 17.9. The van der Waals surface area contributed by atoms with E-state index in [9.17, 15) is 9.59 Å². The number of amides is 2. The highest BCUT2D eigenvalue weighted by atomic mass is 16.5. The normalized spacial score (nSPS) is 18.4. The molecular weight excluding hydrogens is 394 g/mol. The summed E-state index contributed by atoms with van der Waals surface area (Å²) in [6.45, 7) is 3.34. The number of hydrogen-bond donors (Lipinski definition) is 1. The lowest BCUT2D eigenvalue weighted by Gasteiger charge is -2.20. The molecule has 31 heavy (non-hydrogen) atoms. The van der Waals surface area contributed by atoms with E-state index in [0.717, 1.165) is 30.3 Å². The molecule has 1 atom stereocenters. The van der Waals surface area contributed by atoms with Crippen LogP contribution in [0.1, 0.15) is 19.3 Å². The van der Waals surface area contributed by atoms with Crippen molar-refractivity contribution in [1.29, 1.82) is 0 Å². The Morgan fingerprint density at radius 1 is 1.00 bits per heavy atom. The zero-order chi connectivity index (χ0) is 21.6. The molecule has 2 aromatic rings. The minimum atomic E-state index is -0.341. The van der Waals surface area contributed by atoms with Gasteiger partial charge in [0.25, 0.3) is 0 Å². The average molecular weight is 424 g/mol. The van der Waals surface area contributed by atoms with Crippen molar-refractivity contribution in [3.8, 4) is 11.5 Å². The Hall–Kier alpha value is -3.22. The summed E-state index contributed by atoms with van der Waals surface area (Å²) in [6.07, 6.45) is 2.70. The molecule has 0 aromatic heterocycles. The molecule has 2 aliphatic heterocycles. The van der Waals surface area contributed by atoms with E-state index < -0.39 is 0 Å². The Morgan fingerprint density at radius 3 is 2.32 bits per heavy atom. The third-order valence-corrected chi connectivity index (χ3v) is 5.86. The summed E-state index contributed by atoms with van der Waals surface area (Å²) in [5.74, 6) is 1.02. The number of nitrogens with zero attached hydrogens (tertiary/aromatic N) is 2. The minimum Gasteiger partial charge on any atom is -0.497 e. The standard InChI is InChI=1S/C24H29N3O4/c1-30-21-8-10-22(11-9-21)31-15-12-25-24(29)18-16-23(28)27(17-18)20-6-4-19(5-7-20)26-13-2-3-14-26/h4-11,18H,2-3,12-17H2,1H3,(H,25,29). The molecule has 0 aliphatic carbocycles. The molecule has 0 spiro atoms. The Kier molecular flexibility index (Phi) is 6.60. The molecule has 7 heteroatoms. The maximum atomic E-state index is 12.5. The van der Waals surface area contributed by atoms with Crippen molar-refractivity contribution in [2.45, 2.75) is 19.3 Å². The molecule has 1 N–H and O–H groups in total. The van der Waals surface area contributed by atoms with Crippen LogP contribution in [0.15, 0.2) is 48.5 Å². The largest absolute Gasteiger partial charge is 0.497 e. The van der Waals surface area contributed by atoms with Gasteiger partial charge in [-0.25, -0.2) is 0 Å². The van der Waals surface area contributed by atoms with Crippen LogP contribution in [0.3, 0.4) is 0 Å². The van der Waals surface area contributed by atoms with Gasteiger partial charge < -0.3 is 24.6 Å². The summed E-state index contributed by atoms with van der Waals surface area (Å²) in [6, 6.07) is 15.4. The number of anilines is 2. The van der Waals surface area contributed by atoms with Crippen LogP contribution in [-0.4, -0.2) is 51.7 Å². The summed E-state index contributed by atoms with van der Waals surface area (Å²) >= 11 is 0. The highest BCUT2D eigenvalue weighted by Gasteiger charge is 2.35. The summed E-state index contributed by atoms with van der Waals surface area (Å²) < 4.78 is 10.7. The van der Waals surface area contributed by atoms with Gasteiger partial charge in [-0.05, 0) is 61.4 Å². The Morgan fingerprint density at radius 2 is 1.65 bits per heavy atom. The van der Waals surface area contributed by atoms with E-state index in [1.807, 2.05) is 36.4 Å². The van der Waals surface area contributed by atoms with Crippen LogP contribution >= 0.6 is 0 Å². The van der Waals surface area contributed by atoms with Gasteiger partial charge in [0.15, 0.2) is 0 Å². The van der Waals surface area contributed by atoms with Gasteiger partial charge in [-0.1, -0.05) is 0 Å². The lowest BCUT2D eigenvalue weighted by molar-refractivity contribution is -0.126. The predicted octanol–water partition coefficient (Wildman–Crippen LogP) is 2.84. The number of benzene rings is 2. The first-order valence-electron chi connectivity index (χ1n) is 10.8. The summed E-state index contributed by atoms with van der Waals surface area (Å²) in [7, 11) is 1.62. The molecule has 7 nitrogen and oxygen atoms in total. The average Bonchev–Trinajstić information content (AvgIpc) is 3.47. The van der Waals surface area contributed by atoms with E-state index in [1.165, 1.54) is 18.5 Å². The molecular formula is C24H29N3O4. The van der Waals surface area contributed by atoms with Gasteiger partial charge in [-0.3, -0.25) is 9.59 Å². The van der Waals surface area contributed by atoms with E-state index >= 15 is 0 Å². The third-order valence-electron chi connectivity index (χ3n) is 5.86. The SMILES string of the molecule is COc1ccc(OCCNC(=O)C2CC(=O)N(c3ccc(N4CCCC4)cc3)C2)cc1. The van der Waals surface area contributed by atoms with E-state index in [0.29, 0.717) is 19.7 Å². The first kappa shape index (κ1) is 21.0. The molecule has 164 valence electrons. The number of carbonyl (C=O) groups is 2. The van der Waals surface area contributed by atoms with Gasteiger partial charge in [-0.2, -0.15) is 0 Å². The Bertz CT molecular complexity index is 892. The van der Waals surface area contributed by atoms with Crippen LogP contribution in [0.2, 0.25) is 0 Å². The topological polar surface area (TPSA) is 71.1 Å². The van der Waals surface area contributed by atoms with E-state index in [-0.39, 0.29) is 24.2 Å². The highest BCUT2D eigenvalue weighted by molar-refractivity contribution is 6.00. The van der Waals surface area contributed by atoms with Crippen molar-refractivity contribution in [2.24, 2.45) is 5.92 Å². The quantitative estimate of drug-likeness (QED) is 0.661. The summed E-state index contributed by atoms with van der Waals surface area (Å²) in [5.41, 5.74) is 2.05.